The summed E-state index contributed by atoms with van der Waals surface area (Å²) in [7, 11) is -2.63. The van der Waals surface area contributed by atoms with E-state index in [2.05, 4.69) is 27.7 Å². The average molecular weight is 395 g/mol. The molecule has 0 bridgehead atoms. The summed E-state index contributed by atoms with van der Waals surface area (Å²) in [5.74, 6) is 1.04. The maximum atomic E-state index is 6.32. The Hall–Kier alpha value is 0.347. The molecule has 1 heterocycles. The van der Waals surface area contributed by atoms with Gasteiger partial charge in [0.05, 0.1) is 18.1 Å². The molecule has 3 unspecified atom stereocenters. The van der Waals surface area contributed by atoms with Crippen molar-refractivity contribution in [3.63, 3.8) is 0 Å². The van der Waals surface area contributed by atoms with Crippen LogP contribution in [0, 0.1) is 5.92 Å². The zero-order valence-electron chi connectivity index (χ0n) is 16.7. The lowest BCUT2D eigenvalue weighted by atomic mass is 10.1. The Morgan fingerprint density at radius 3 is 1.72 bits per heavy atom. The third-order valence-corrected chi connectivity index (χ3v) is 7.97. The smallest absolute Gasteiger partial charge is 0.373 e. The van der Waals surface area contributed by atoms with Crippen LogP contribution in [0.4, 0.5) is 0 Å². The van der Waals surface area contributed by atoms with Gasteiger partial charge in [0.2, 0.25) is 0 Å². The number of unbranched alkanes of at least 4 members (excludes halogenated alkanes) is 3. The van der Waals surface area contributed by atoms with Gasteiger partial charge in [0.1, 0.15) is 0 Å². The molecule has 1 aliphatic rings. The van der Waals surface area contributed by atoms with E-state index in [9.17, 15) is 0 Å². The maximum absolute atomic E-state index is 6.32. The van der Waals surface area contributed by atoms with Crippen molar-refractivity contribution in [2.45, 2.75) is 90.9 Å². The molecule has 1 aliphatic heterocycles. The van der Waals surface area contributed by atoms with E-state index >= 15 is 0 Å². The minimum absolute atomic E-state index is 0.239. The molecule has 4 nitrogen and oxygen atoms in total. The van der Waals surface area contributed by atoms with Gasteiger partial charge in [-0.3, -0.25) is 0 Å². The summed E-state index contributed by atoms with van der Waals surface area (Å²) in [5, 5.41) is 0. The maximum Gasteiger partial charge on any atom is 0.501 e. The van der Waals surface area contributed by atoms with Crippen LogP contribution in [0.5, 0.6) is 0 Å². The largest absolute Gasteiger partial charge is 0.501 e. The molecule has 150 valence electrons. The summed E-state index contributed by atoms with van der Waals surface area (Å²) >= 11 is 5.87. The third-order valence-electron chi connectivity index (χ3n) is 4.53. The summed E-state index contributed by atoms with van der Waals surface area (Å²) in [6, 6.07) is 0.874. The predicted molar refractivity (Wildman–Crippen MR) is 106 cm³/mol. The number of hydrogen-bond acceptors (Lipinski definition) is 4. The van der Waals surface area contributed by atoms with Gasteiger partial charge in [0, 0.05) is 25.9 Å². The Kier molecular flexibility index (Phi) is 12.6. The van der Waals surface area contributed by atoms with Crippen LogP contribution in [0.15, 0.2) is 0 Å². The Balaban J connectivity index is 2.64. The van der Waals surface area contributed by atoms with Gasteiger partial charge < -0.3 is 18.0 Å². The van der Waals surface area contributed by atoms with E-state index in [-0.39, 0.29) is 6.10 Å². The topological polar surface area (TPSA) is 40.2 Å². The molecule has 3 atom stereocenters. The Bertz CT molecular complexity index is 306. The number of epoxide rings is 1. The van der Waals surface area contributed by atoms with E-state index in [1.54, 1.807) is 0 Å². The van der Waals surface area contributed by atoms with Gasteiger partial charge in [-0.2, -0.15) is 0 Å². The fourth-order valence-corrected chi connectivity index (χ4v) is 6.11. The Labute approximate surface area is 161 Å². The molecular weight excluding hydrogens is 356 g/mol. The summed E-state index contributed by atoms with van der Waals surface area (Å²) in [4.78, 5) is 0. The van der Waals surface area contributed by atoms with E-state index < -0.39 is 8.80 Å². The summed E-state index contributed by atoms with van der Waals surface area (Å²) < 4.78 is 24.6. The van der Waals surface area contributed by atoms with Gasteiger partial charge in [0.25, 0.3) is 0 Å². The van der Waals surface area contributed by atoms with Crippen molar-refractivity contribution >= 4 is 20.4 Å². The monoisotopic (exact) mass is 394 g/mol. The summed E-state index contributed by atoms with van der Waals surface area (Å²) in [6.07, 6.45) is 8.08. The molecule has 0 saturated carbocycles. The Morgan fingerprint density at radius 2 is 1.36 bits per heavy atom. The number of hydrogen-bond donors (Lipinski definition) is 0. The summed E-state index contributed by atoms with van der Waals surface area (Å²) in [5.41, 5.74) is 0. The first-order chi connectivity index (χ1) is 12.1. The van der Waals surface area contributed by atoms with Gasteiger partial charge in [-0.05, 0) is 31.6 Å². The van der Waals surface area contributed by atoms with E-state index in [4.69, 9.17) is 29.6 Å². The second-order valence-electron chi connectivity index (χ2n) is 7.20. The number of rotatable bonds is 17. The predicted octanol–water partition coefficient (Wildman–Crippen LogP) is 5.41. The van der Waals surface area contributed by atoms with Crippen molar-refractivity contribution in [1.82, 2.24) is 0 Å². The molecule has 0 spiro atoms. The molecule has 0 radical (unpaired) electrons. The minimum atomic E-state index is -2.63. The van der Waals surface area contributed by atoms with Gasteiger partial charge in [-0.15, -0.1) is 11.6 Å². The highest BCUT2D eigenvalue weighted by atomic mass is 35.5. The molecule has 0 aromatic heterocycles. The van der Waals surface area contributed by atoms with E-state index in [0.29, 0.717) is 17.9 Å². The van der Waals surface area contributed by atoms with Crippen LogP contribution in [-0.4, -0.2) is 46.7 Å². The van der Waals surface area contributed by atoms with E-state index in [0.717, 1.165) is 70.8 Å². The molecule has 0 aromatic rings. The van der Waals surface area contributed by atoms with Crippen molar-refractivity contribution in [2.75, 3.05) is 25.7 Å². The van der Waals surface area contributed by atoms with Crippen LogP contribution in [0.3, 0.4) is 0 Å². The minimum Gasteiger partial charge on any atom is -0.373 e. The molecule has 0 amide bonds. The Morgan fingerprint density at radius 1 is 0.880 bits per heavy atom. The van der Waals surface area contributed by atoms with Crippen LogP contribution >= 0.6 is 11.6 Å². The molecule has 1 fully saturated rings. The number of halogens is 1. The highest BCUT2D eigenvalue weighted by Gasteiger charge is 2.45. The molecule has 0 aliphatic carbocycles. The first-order valence-corrected chi connectivity index (χ1v) is 12.7. The van der Waals surface area contributed by atoms with Gasteiger partial charge in [-0.25, -0.2) is 0 Å². The van der Waals surface area contributed by atoms with Crippen molar-refractivity contribution in [3.05, 3.63) is 0 Å². The van der Waals surface area contributed by atoms with Crippen molar-refractivity contribution in [1.29, 1.82) is 0 Å². The quantitative estimate of drug-likeness (QED) is 0.143. The zero-order valence-corrected chi connectivity index (χ0v) is 18.5. The van der Waals surface area contributed by atoms with Crippen LogP contribution < -0.4 is 0 Å². The number of alkyl halides is 1. The fraction of sp³-hybridized carbons (Fsp3) is 1.00. The van der Waals surface area contributed by atoms with Gasteiger partial charge in [-0.1, -0.05) is 47.0 Å². The highest BCUT2D eigenvalue weighted by molar-refractivity contribution is 6.60. The average Bonchev–Trinajstić information content (AvgIpc) is 3.33. The lowest BCUT2D eigenvalue weighted by Gasteiger charge is -2.32. The SMILES string of the molecule is CCCCO[Si](CC(C)CC1OC1CCl)(OCCCC)OCCCC. The lowest BCUT2D eigenvalue weighted by molar-refractivity contribution is 0.0524. The fourth-order valence-electron chi connectivity index (χ4n) is 2.85. The molecule has 0 N–H and O–H groups in total. The molecule has 1 rings (SSSR count). The van der Waals surface area contributed by atoms with Crippen LogP contribution in [0.1, 0.15) is 72.6 Å². The molecule has 25 heavy (non-hydrogen) atoms. The second kappa shape index (κ2) is 13.5. The van der Waals surface area contributed by atoms with Crippen LogP contribution in [0.25, 0.3) is 0 Å². The third kappa shape index (κ3) is 9.73. The lowest BCUT2D eigenvalue weighted by Crippen LogP contribution is -2.48. The molecule has 6 heteroatoms. The van der Waals surface area contributed by atoms with Crippen molar-refractivity contribution < 1.29 is 18.0 Å². The standard InChI is InChI=1S/C19H39ClO4Si/c1-5-8-11-21-25(22-12-9-6-2,23-13-10-7-3)16-17(4)14-18-19(15-20)24-18/h17-19H,5-16H2,1-4H3. The number of ether oxygens (including phenoxy) is 1. The van der Waals surface area contributed by atoms with Crippen molar-refractivity contribution in [3.8, 4) is 0 Å². The zero-order chi connectivity index (χ0) is 18.5. The first kappa shape index (κ1) is 23.4. The first-order valence-electron chi connectivity index (χ1n) is 10.2. The molecule has 1 saturated heterocycles. The molecule has 0 aromatic carbocycles. The van der Waals surface area contributed by atoms with Gasteiger partial charge >= 0.3 is 8.80 Å². The normalized spacial score (nSPS) is 21.5. The van der Waals surface area contributed by atoms with Crippen LogP contribution in [0.2, 0.25) is 6.04 Å². The van der Waals surface area contributed by atoms with E-state index in [1.165, 1.54) is 0 Å². The second-order valence-corrected chi connectivity index (χ2v) is 10.2. The molecular formula is C19H39ClO4Si. The van der Waals surface area contributed by atoms with Crippen LogP contribution in [-0.2, 0) is 18.0 Å². The van der Waals surface area contributed by atoms with Gasteiger partial charge in [0.15, 0.2) is 0 Å². The highest BCUT2D eigenvalue weighted by Crippen LogP contribution is 2.33. The summed E-state index contributed by atoms with van der Waals surface area (Å²) in [6.45, 7) is 11.0. The van der Waals surface area contributed by atoms with Crippen molar-refractivity contribution in [2.24, 2.45) is 5.92 Å². The van der Waals surface area contributed by atoms with E-state index in [1.807, 2.05) is 0 Å².